The Morgan fingerprint density at radius 3 is 2.39 bits per heavy atom. The fourth-order valence-corrected chi connectivity index (χ4v) is 8.73. The predicted octanol–water partition coefficient (Wildman–Crippen LogP) is 4.48. The van der Waals surface area contributed by atoms with Crippen molar-refractivity contribution in [3.8, 4) is 0 Å². The highest BCUT2D eigenvalue weighted by Gasteiger charge is 2.62. The van der Waals surface area contributed by atoms with Crippen LogP contribution >= 0.6 is 0 Å². The molecule has 4 fully saturated rings. The van der Waals surface area contributed by atoms with Crippen molar-refractivity contribution in [3.63, 3.8) is 0 Å². The Balaban J connectivity index is 1.55. The number of aliphatic hydroxyl groups excluding tert-OH is 2. The van der Waals surface area contributed by atoms with Gasteiger partial charge in [0.1, 0.15) is 0 Å². The van der Waals surface area contributed by atoms with E-state index in [0.29, 0.717) is 35.5 Å². The van der Waals surface area contributed by atoms with E-state index in [9.17, 15) is 15.0 Å². The van der Waals surface area contributed by atoms with Gasteiger partial charge in [-0.15, -0.1) is 0 Å². The van der Waals surface area contributed by atoms with Crippen LogP contribution in [0.4, 0.5) is 0 Å². The van der Waals surface area contributed by atoms with Gasteiger partial charge in [-0.25, -0.2) is 0 Å². The maximum atomic E-state index is 11.2. The minimum Gasteiger partial charge on any atom is -0.481 e. The lowest BCUT2D eigenvalue weighted by Gasteiger charge is -2.62. The molecule has 4 aliphatic carbocycles. The normalized spacial score (nSPS) is 51.7. The second kappa shape index (κ2) is 7.27. The molecule has 28 heavy (non-hydrogen) atoms. The van der Waals surface area contributed by atoms with Crippen LogP contribution in [-0.2, 0) is 4.79 Å². The monoisotopic (exact) mass is 392 g/mol. The van der Waals surface area contributed by atoms with Crippen molar-refractivity contribution in [2.75, 3.05) is 0 Å². The Labute approximate surface area is 170 Å². The molecule has 4 nitrogen and oxygen atoms in total. The molecular formula is C24H40O4. The molecule has 0 amide bonds. The van der Waals surface area contributed by atoms with E-state index in [0.717, 1.165) is 32.1 Å². The van der Waals surface area contributed by atoms with Crippen LogP contribution in [0.3, 0.4) is 0 Å². The third-order valence-corrected chi connectivity index (χ3v) is 10.2. The molecule has 4 saturated carbocycles. The molecule has 0 aromatic rings. The lowest BCUT2D eigenvalue weighted by Crippen LogP contribution is -2.58. The number of carboxylic acid groups (broad SMARTS) is 1. The Kier molecular flexibility index (Phi) is 5.36. The van der Waals surface area contributed by atoms with Gasteiger partial charge in [0.15, 0.2) is 0 Å². The van der Waals surface area contributed by atoms with Gasteiger partial charge >= 0.3 is 5.97 Å². The fourth-order valence-electron chi connectivity index (χ4n) is 8.73. The average Bonchev–Trinajstić information content (AvgIpc) is 2.98. The molecule has 0 spiro atoms. The van der Waals surface area contributed by atoms with Gasteiger partial charge in [0.2, 0.25) is 0 Å². The number of hydrogen-bond donors (Lipinski definition) is 3. The first kappa shape index (κ1) is 20.7. The molecule has 4 aliphatic rings. The zero-order valence-electron chi connectivity index (χ0n) is 17.9. The minimum absolute atomic E-state index is 0.179. The Bertz CT molecular complexity index is 605. The molecule has 4 heteroatoms. The van der Waals surface area contributed by atoms with Crippen molar-refractivity contribution in [2.24, 2.45) is 46.3 Å². The highest BCUT2D eigenvalue weighted by Crippen LogP contribution is 2.68. The number of fused-ring (bicyclic) bond motifs is 5. The van der Waals surface area contributed by atoms with Gasteiger partial charge in [0.05, 0.1) is 12.2 Å². The quantitative estimate of drug-likeness (QED) is 0.659. The van der Waals surface area contributed by atoms with Gasteiger partial charge in [-0.2, -0.15) is 0 Å². The summed E-state index contributed by atoms with van der Waals surface area (Å²) < 4.78 is 0. The van der Waals surface area contributed by atoms with Crippen LogP contribution in [0.1, 0.15) is 85.0 Å². The van der Waals surface area contributed by atoms with Crippen LogP contribution in [0.2, 0.25) is 0 Å². The topological polar surface area (TPSA) is 77.8 Å². The van der Waals surface area contributed by atoms with Gasteiger partial charge < -0.3 is 15.3 Å². The highest BCUT2D eigenvalue weighted by molar-refractivity contribution is 5.66. The number of hydrogen-bond acceptors (Lipinski definition) is 3. The molecule has 0 saturated heterocycles. The molecule has 0 aliphatic heterocycles. The standard InChI is InChI=1S/C24H40O4/c1-14(4-7-21(27)28)17-5-6-18-22-19(9-11-24(17,18)3)23(2)10-8-16(25)12-15(23)13-20(22)26/h14-20,22,25-26H,4-13H2,1-3H3,(H,27,28)/t14-,15+,16-,17-,18-,19+,20+,22-,23+,24-/m1/s1. The summed E-state index contributed by atoms with van der Waals surface area (Å²) in [5, 5.41) is 30.5. The van der Waals surface area contributed by atoms with Crippen LogP contribution in [0.5, 0.6) is 0 Å². The fraction of sp³-hybridized carbons (Fsp3) is 0.958. The van der Waals surface area contributed by atoms with E-state index in [2.05, 4.69) is 20.8 Å². The van der Waals surface area contributed by atoms with Crippen molar-refractivity contribution in [3.05, 3.63) is 0 Å². The van der Waals surface area contributed by atoms with Gasteiger partial charge in [-0.05, 0) is 104 Å². The second-order valence-corrected chi connectivity index (χ2v) is 11.4. The van der Waals surface area contributed by atoms with Gasteiger partial charge in [0.25, 0.3) is 0 Å². The van der Waals surface area contributed by atoms with Gasteiger partial charge in [-0.1, -0.05) is 20.8 Å². The van der Waals surface area contributed by atoms with Crippen molar-refractivity contribution in [2.45, 2.75) is 97.2 Å². The Hall–Kier alpha value is -0.610. The smallest absolute Gasteiger partial charge is 0.303 e. The summed E-state index contributed by atoms with van der Waals surface area (Å²) >= 11 is 0. The number of carbonyl (C=O) groups is 1. The minimum atomic E-state index is -0.684. The molecule has 0 bridgehead atoms. The van der Waals surface area contributed by atoms with Gasteiger partial charge in [0, 0.05) is 6.42 Å². The van der Waals surface area contributed by atoms with Crippen molar-refractivity contribution in [1.82, 2.24) is 0 Å². The summed E-state index contributed by atoms with van der Waals surface area (Å²) in [4.78, 5) is 11.1. The van der Waals surface area contributed by atoms with Crippen LogP contribution in [0.15, 0.2) is 0 Å². The maximum absolute atomic E-state index is 11.2. The molecule has 4 rings (SSSR count). The van der Waals surface area contributed by atoms with Crippen molar-refractivity contribution >= 4 is 5.97 Å². The zero-order chi connectivity index (χ0) is 20.3. The maximum Gasteiger partial charge on any atom is 0.303 e. The summed E-state index contributed by atoms with van der Waals surface area (Å²) in [6.45, 7) is 7.16. The van der Waals surface area contributed by atoms with E-state index < -0.39 is 5.97 Å². The number of aliphatic carboxylic acids is 1. The van der Waals surface area contributed by atoms with Crippen molar-refractivity contribution in [1.29, 1.82) is 0 Å². The van der Waals surface area contributed by atoms with E-state index in [-0.39, 0.29) is 29.5 Å². The molecular weight excluding hydrogens is 352 g/mol. The molecule has 160 valence electrons. The number of aliphatic hydroxyl groups is 2. The van der Waals surface area contributed by atoms with Gasteiger partial charge in [-0.3, -0.25) is 4.79 Å². The zero-order valence-corrected chi connectivity index (χ0v) is 17.9. The first-order valence-electron chi connectivity index (χ1n) is 11.7. The molecule has 0 heterocycles. The largest absolute Gasteiger partial charge is 0.481 e. The van der Waals surface area contributed by atoms with Crippen molar-refractivity contribution < 1.29 is 20.1 Å². The average molecular weight is 393 g/mol. The second-order valence-electron chi connectivity index (χ2n) is 11.4. The summed E-state index contributed by atoms with van der Waals surface area (Å²) in [7, 11) is 0. The molecule has 0 aromatic heterocycles. The van der Waals surface area contributed by atoms with Crippen LogP contribution < -0.4 is 0 Å². The van der Waals surface area contributed by atoms with E-state index in [1.807, 2.05) is 0 Å². The summed E-state index contributed by atoms with van der Waals surface area (Å²) in [6.07, 6.45) is 9.19. The SMILES string of the molecule is C[C@H](CCC(=O)O)[C@H]1CC[C@@H]2[C@H]3[C@@H](O)C[C@@H]4C[C@H](O)CC[C@]4(C)[C@H]3CC[C@@]21C. The first-order valence-corrected chi connectivity index (χ1v) is 11.7. The van der Waals surface area contributed by atoms with E-state index >= 15 is 0 Å². The first-order chi connectivity index (χ1) is 13.2. The van der Waals surface area contributed by atoms with E-state index in [1.54, 1.807) is 0 Å². The number of rotatable bonds is 4. The molecule has 3 N–H and O–H groups in total. The summed E-state index contributed by atoms with van der Waals surface area (Å²) in [5.41, 5.74) is 0.523. The Morgan fingerprint density at radius 2 is 1.68 bits per heavy atom. The van der Waals surface area contributed by atoms with Crippen LogP contribution in [0.25, 0.3) is 0 Å². The Morgan fingerprint density at radius 1 is 1.00 bits per heavy atom. The highest BCUT2D eigenvalue weighted by atomic mass is 16.4. The van der Waals surface area contributed by atoms with Crippen LogP contribution in [-0.4, -0.2) is 33.5 Å². The summed E-state index contributed by atoms with van der Waals surface area (Å²) in [6, 6.07) is 0. The number of carboxylic acids is 1. The molecule has 0 unspecified atom stereocenters. The lowest BCUT2D eigenvalue weighted by atomic mass is 9.43. The lowest BCUT2D eigenvalue weighted by molar-refractivity contribution is -0.174. The molecule has 0 aromatic carbocycles. The van der Waals surface area contributed by atoms with Crippen LogP contribution in [0, 0.1) is 46.3 Å². The summed E-state index contributed by atoms with van der Waals surface area (Å²) in [5.74, 6) is 2.36. The van der Waals surface area contributed by atoms with E-state index in [4.69, 9.17) is 5.11 Å². The molecule has 10 atom stereocenters. The predicted molar refractivity (Wildman–Crippen MR) is 109 cm³/mol. The third kappa shape index (κ3) is 3.14. The van der Waals surface area contributed by atoms with E-state index in [1.165, 1.54) is 25.7 Å². The third-order valence-electron chi connectivity index (χ3n) is 10.2. The molecule has 0 radical (unpaired) electrons.